The van der Waals surface area contributed by atoms with E-state index < -0.39 is 0 Å². The standard InChI is InChI=1S/C10H11BrClN3.C8H7BrClN3/c1-3-6(2)8-4-9(12)15-10(14-8)7(11)5-13-15;1-2-5-3-7(10)13-8(12-5)6(9)4-11-13/h4-6H,3H2,1-2H3;3-4H,2H2,1H3. The van der Waals surface area contributed by atoms with Crippen molar-refractivity contribution in [2.75, 3.05) is 0 Å². The fourth-order valence-corrected chi connectivity index (χ4v) is 3.69. The van der Waals surface area contributed by atoms with Gasteiger partial charge in [0.1, 0.15) is 10.3 Å². The van der Waals surface area contributed by atoms with Crippen LogP contribution in [0.1, 0.15) is 44.5 Å². The molecule has 0 spiro atoms. The number of rotatable bonds is 3. The molecule has 6 nitrogen and oxygen atoms in total. The highest BCUT2D eigenvalue weighted by Crippen LogP contribution is 2.25. The second-order valence-electron chi connectivity index (χ2n) is 6.19. The zero-order valence-electron chi connectivity index (χ0n) is 15.5. The van der Waals surface area contributed by atoms with E-state index in [9.17, 15) is 0 Å². The molecule has 4 rings (SSSR count). The number of aryl methyl sites for hydroxylation is 1. The summed E-state index contributed by atoms with van der Waals surface area (Å²) < 4.78 is 4.96. The second kappa shape index (κ2) is 9.07. The van der Waals surface area contributed by atoms with Crippen LogP contribution in [0.5, 0.6) is 0 Å². The third-order valence-electron chi connectivity index (χ3n) is 4.32. The second-order valence-corrected chi connectivity index (χ2v) is 8.68. The van der Waals surface area contributed by atoms with E-state index in [1.54, 1.807) is 21.4 Å². The third-order valence-corrected chi connectivity index (χ3v) is 5.98. The SMILES string of the molecule is CCC(C)c1cc(Cl)n2ncc(Br)c2n1.CCc1cc(Cl)n2ncc(Br)c2n1. The van der Waals surface area contributed by atoms with Crippen molar-refractivity contribution in [3.05, 3.63) is 55.2 Å². The maximum Gasteiger partial charge on any atom is 0.171 e. The molecule has 28 heavy (non-hydrogen) atoms. The molecule has 0 fully saturated rings. The number of hydrogen-bond acceptors (Lipinski definition) is 4. The Morgan fingerprint density at radius 1 is 0.929 bits per heavy atom. The van der Waals surface area contributed by atoms with Crippen LogP contribution in [-0.4, -0.2) is 29.2 Å². The van der Waals surface area contributed by atoms with E-state index in [2.05, 4.69) is 65.9 Å². The van der Waals surface area contributed by atoms with Gasteiger partial charge in [0, 0.05) is 11.4 Å². The summed E-state index contributed by atoms with van der Waals surface area (Å²) >= 11 is 18.9. The maximum absolute atomic E-state index is 6.12. The molecule has 0 aliphatic heterocycles. The first kappa shape index (κ1) is 21.5. The quantitative estimate of drug-likeness (QED) is 0.279. The molecule has 0 saturated carbocycles. The first-order chi connectivity index (χ1) is 13.3. The van der Waals surface area contributed by atoms with Gasteiger partial charge in [0.15, 0.2) is 11.3 Å². The topological polar surface area (TPSA) is 60.4 Å². The number of aromatic nitrogens is 6. The van der Waals surface area contributed by atoms with Gasteiger partial charge in [0.2, 0.25) is 0 Å². The monoisotopic (exact) mass is 546 g/mol. The van der Waals surface area contributed by atoms with Crippen LogP contribution in [0.2, 0.25) is 10.3 Å². The summed E-state index contributed by atoms with van der Waals surface area (Å²) in [5.74, 6) is 0.411. The molecule has 10 heteroatoms. The third kappa shape index (κ3) is 4.35. The first-order valence-electron chi connectivity index (χ1n) is 8.74. The Morgan fingerprint density at radius 3 is 2.00 bits per heavy atom. The smallest absolute Gasteiger partial charge is 0.171 e. The van der Waals surface area contributed by atoms with E-state index in [-0.39, 0.29) is 0 Å². The van der Waals surface area contributed by atoms with Gasteiger partial charge in [-0.15, -0.1) is 0 Å². The van der Waals surface area contributed by atoms with Gasteiger partial charge in [-0.25, -0.2) is 19.0 Å². The van der Waals surface area contributed by atoms with E-state index >= 15 is 0 Å². The Morgan fingerprint density at radius 2 is 1.46 bits per heavy atom. The Balaban J connectivity index is 0.000000162. The van der Waals surface area contributed by atoms with Crippen LogP contribution in [0.4, 0.5) is 0 Å². The van der Waals surface area contributed by atoms with Crippen LogP contribution in [0.3, 0.4) is 0 Å². The molecule has 4 aromatic heterocycles. The molecule has 0 N–H and O–H groups in total. The predicted octanol–water partition coefficient (Wildman–Crippen LogP) is 6.37. The lowest BCUT2D eigenvalue weighted by Crippen LogP contribution is -2.00. The molecule has 0 bridgehead atoms. The van der Waals surface area contributed by atoms with Crippen LogP contribution < -0.4 is 0 Å². The van der Waals surface area contributed by atoms with E-state index in [4.69, 9.17) is 23.2 Å². The largest absolute Gasteiger partial charge is 0.232 e. The normalized spacial score (nSPS) is 12.2. The van der Waals surface area contributed by atoms with Crippen LogP contribution in [0.15, 0.2) is 33.5 Å². The molecule has 4 heterocycles. The van der Waals surface area contributed by atoms with E-state index in [0.717, 1.165) is 44.5 Å². The van der Waals surface area contributed by atoms with Crippen molar-refractivity contribution in [2.45, 2.75) is 39.5 Å². The summed E-state index contributed by atoms with van der Waals surface area (Å²) in [5.41, 5.74) is 3.53. The highest BCUT2D eigenvalue weighted by Gasteiger charge is 2.12. The summed E-state index contributed by atoms with van der Waals surface area (Å²) in [7, 11) is 0. The molecule has 0 saturated heterocycles. The molecule has 0 amide bonds. The minimum Gasteiger partial charge on any atom is -0.232 e. The van der Waals surface area contributed by atoms with Gasteiger partial charge in [0.25, 0.3) is 0 Å². The lowest BCUT2D eigenvalue weighted by atomic mass is 10.1. The zero-order chi connectivity index (χ0) is 20.4. The number of hydrogen-bond donors (Lipinski definition) is 0. The molecular weight excluding hydrogens is 531 g/mol. The van der Waals surface area contributed by atoms with Gasteiger partial charge in [0.05, 0.1) is 21.3 Å². The van der Waals surface area contributed by atoms with Gasteiger partial charge in [-0.1, -0.05) is 44.0 Å². The summed E-state index contributed by atoms with van der Waals surface area (Å²) in [6.07, 6.45) is 5.31. The number of nitrogens with zero attached hydrogens (tertiary/aromatic N) is 6. The van der Waals surface area contributed by atoms with E-state index in [1.807, 2.05) is 19.1 Å². The van der Waals surface area contributed by atoms with E-state index in [1.165, 1.54) is 0 Å². The minimum atomic E-state index is 0.411. The summed E-state index contributed by atoms with van der Waals surface area (Å²) in [4.78, 5) is 8.92. The highest BCUT2D eigenvalue weighted by molar-refractivity contribution is 9.11. The molecule has 1 unspecified atom stereocenters. The predicted molar refractivity (Wildman–Crippen MR) is 119 cm³/mol. The molecule has 0 aliphatic rings. The fraction of sp³-hybridized carbons (Fsp3) is 0.333. The van der Waals surface area contributed by atoms with Gasteiger partial charge < -0.3 is 0 Å². The van der Waals surface area contributed by atoms with Crippen LogP contribution in [-0.2, 0) is 6.42 Å². The molecule has 1 atom stereocenters. The van der Waals surface area contributed by atoms with Gasteiger partial charge >= 0.3 is 0 Å². The Bertz CT molecular complexity index is 1120. The van der Waals surface area contributed by atoms with Gasteiger partial charge in [-0.2, -0.15) is 10.2 Å². The van der Waals surface area contributed by atoms with Crippen molar-refractivity contribution >= 4 is 66.4 Å². The molecule has 0 aliphatic carbocycles. The van der Waals surface area contributed by atoms with Crippen molar-refractivity contribution in [1.82, 2.24) is 29.2 Å². The minimum absolute atomic E-state index is 0.411. The number of halogens is 4. The summed E-state index contributed by atoms with van der Waals surface area (Å²) in [6.45, 7) is 6.31. The molecular formula is C18H18Br2Cl2N6. The maximum atomic E-state index is 6.12. The lowest BCUT2D eigenvalue weighted by Gasteiger charge is -2.08. The van der Waals surface area contributed by atoms with Crippen molar-refractivity contribution in [1.29, 1.82) is 0 Å². The number of fused-ring (bicyclic) bond motifs is 2. The summed E-state index contributed by atoms with van der Waals surface area (Å²) in [6, 6.07) is 3.70. The van der Waals surface area contributed by atoms with Crippen molar-refractivity contribution < 1.29 is 0 Å². The van der Waals surface area contributed by atoms with Crippen LogP contribution in [0, 0.1) is 0 Å². The Hall–Kier alpha value is -1.22. The van der Waals surface area contributed by atoms with Gasteiger partial charge in [-0.3, -0.25) is 0 Å². The molecule has 0 radical (unpaired) electrons. The Labute approximate surface area is 189 Å². The highest BCUT2D eigenvalue weighted by atomic mass is 79.9. The van der Waals surface area contributed by atoms with Crippen molar-refractivity contribution in [3.8, 4) is 0 Å². The summed E-state index contributed by atoms with van der Waals surface area (Å²) in [5, 5.41) is 9.38. The fourth-order valence-electron chi connectivity index (χ4n) is 2.51. The van der Waals surface area contributed by atoms with Crippen molar-refractivity contribution in [3.63, 3.8) is 0 Å². The average molecular weight is 549 g/mol. The molecule has 4 aromatic rings. The average Bonchev–Trinajstić information content (AvgIpc) is 3.25. The van der Waals surface area contributed by atoms with Crippen LogP contribution >= 0.6 is 55.1 Å². The van der Waals surface area contributed by atoms with Crippen LogP contribution in [0.25, 0.3) is 11.3 Å². The first-order valence-corrected chi connectivity index (χ1v) is 11.1. The Kier molecular flexibility index (Phi) is 6.96. The van der Waals surface area contributed by atoms with Gasteiger partial charge in [-0.05, 0) is 62.8 Å². The zero-order valence-corrected chi connectivity index (χ0v) is 20.2. The lowest BCUT2D eigenvalue weighted by molar-refractivity contribution is 0.705. The molecule has 0 aromatic carbocycles. The van der Waals surface area contributed by atoms with E-state index in [0.29, 0.717) is 16.2 Å². The van der Waals surface area contributed by atoms with Crippen molar-refractivity contribution in [2.24, 2.45) is 0 Å². The molecule has 148 valence electrons.